The Balaban J connectivity index is 1.57. The highest BCUT2D eigenvalue weighted by molar-refractivity contribution is 5.92. The number of amides is 1. The summed E-state index contributed by atoms with van der Waals surface area (Å²) in [5, 5.41) is 3.14. The fourth-order valence-corrected chi connectivity index (χ4v) is 3.32. The van der Waals surface area contributed by atoms with E-state index in [0.29, 0.717) is 17.8 Å². The van der Waals surface area contributed by atoms with Gasteiger partial charge in [0.05, 0.1) is 0 Å². The van der Waals surface area contributed by atoms with Gasteiger partial charge < -0.3 is 11.1 Å². The van der Waals surface area contributed by atoms with Gasteiger partial charge in [-0.05, 0) is 49.6 Å². The number of nitrogen functional groups attached to an aromatic ring is 1. The van der Waals surface area contributed by atoms with Crippen molar-refractivity contribution < 1.29 is 4.79 Å². The molecule has 4 heteroatoms. The second-order valence-electron chi connectivity index (χ2n) is 5.65. The molecule has 2 aliphatic rings. The third kappa shape index (κ3) is 2.85. The molecule has 0 spiro atoms. The number of anilines is 1. The third-order valence-electron chi connectivity index (χ3n) is 4.27. The quantitative estimate of drug-likeness (QED) is 0.649. The molecule has 2 fully saturated rings. The fourth-order valence-electron chi connectivity index (χ4n) is 3.32. The normalized spacial score (nSPS) is 26.0. The van der Waals surface area contributed by atoms with Crippen LogP contribution in [-0.2, 0) is 4.79 Å². The van der Waals surface area contributed by atoms with Crippen LogP contribution in [0.25, 0.3) is 6.08 Å². The van der Waals surface area contributed by atoms with Crippen molar-refractivity contribution in [2.75, 3.05) is 18.8 Å². The Morgan fingerprint density at radius 1 is 1.35 bits per heavy atom. The van der Waals surface area contributed by atoms with Gasteiger partial charge in [-0.3, -0.25) is 9.69 Å². The molecule has 0 aliphatic carbocycles. The first kappa shape index (κ1) is 13.2. The van der Waals surface area contributed by atoms with E-state index in [9.17, 15) is 4.79 Å². The van der Waals surface area contributed by atoms with Crippen LogP contribution >= 0.6 is 0 Å². The van der Waals surface area contributed by atoms with E-state index in [4.69, 9.17) is 5.73 Å². The van der Waals surface area contributed by atoms with Crippen molar-refractivity contribution in [1.29, 1.82) is 0 Å². The van der Waals surface area contributed by atoms with E-state index < -0.39 is 0 Å². The molecular weight excluding hydrogens is 250 g/mol. The van der Waals surface area contributed by atoms with E-state index >= 15 is 0 Å². The van der Waals surface area contributed by atoms with Crippen LogP contribution < -0.4 is 11.1 Å². The van der Waals surface area contributed by atoms with Gasteiger partial charge in [-0.2, -0.15) is 0 Å². The van der Waals surface area contributed by atoms with Gasteiger partial charge in [-0.25, -0.2) is 0 Å². The lowest BCUT2D eigenvalue weighted by atomic mass is 10.1. The number of nitrogens with zero attached hydrogens (tertiary/aromatic N) is 1. The molecule has 0 aromatic heterocycles. The third-order valence-corrected chi connectivity index (χ3v) is 4.27. The summed E-state index contributed by atoms with van der Waals surface area (Å²) in [5.74, 6) is -0.00817. The van der Waals surface area contributed by atoms with Crippen molar-refractivity contribution >= 4 is 17.7 Å². The van der Waals surface area contributed by atoms with Gasteiger partial charge in [-0.15, -0.1) is 0 Å². The van der Waals surface area contributed by atoms with Gasteiger partial charge in [0.25, 0.3) is 0 Å². The zero-order chi connectivity index (χ0) is 13.9. The van der Waals surface area contributed by atoms with Crippen LogP contribution in [0, 0.1) is 0 Å². The summed E-state index contributed by atoms with van der Waals surface area (Å²) in [5.41, 5.74) is 7.38. The minimum absolute atomic E-state index is 0.00817. The zero-order valence-corrected chi connectivity index (χ0v) is 11.6. The first-order valence-electron chi connectivity index (χ1n) is 7.30. The highest BCUT2D eigenvalue weighted by atomic mass is 16.1. The van der Waals surface area contributed by atoms with Crippen molar-refractivity contribution in [1.82, 2.24) is 10.2 Å². The maximum Gasteiger partial charge on any atom is 0.244 e. The predicted molar refractivity (Wildman–Crippen MR) is 81.0 cm³/mol. The second-order valence-corrected chi connectivity index (χ2v) is 5.65. The van der Waals surface area contributed by atoms with E-state index in [0.717, 1.165) is 18.5 Å². The molecule has 2 unspecified atom stereocenters. The highest BCUT2D eigenvalue weighted by Gasteiger charge is 2.37. The van der Waals surface area contributed by atoms with Crippen molar-refractivity contribution in [3.05, 3.63) is 35.9 Å². The minimum Gasteiger partial charge on any atom is -0.399 e. The monoisotopic (exact) mass is 271 g/mol. The largest absolute Gasteiger partial charge is 0.399 e. The van der Waals surface area contributed by atoms with Crippen LogP contribution in [0.15, 0.2) is 30.3 Å². The summed E-state index contributed by atoms with van der Waals surface area (Å²) >= 11 is 0. The van der Waals surface area contributed by atoms with Gasteiger partial charge in [-0.1, -0.05) is 12.1 Å². The summed E-state index contributed by atoms with van der Waals surface area (Å²) in [6, 6.07) is 8.40. The van der Waals surface area contributed by atoms with Crippen molar-refractivity contribution in [3.63, 3.8) is 0 Å². The number of nitrogens with one attached hydrogen (secondary N) is 1. The molecule has 0 saturated carbocycles. The summed E-state index contributed by atoms with van der Waals surface area (Å²) in [7, 11) is 0. The first-order chi connectivity index (χ1) is 9.72. The SMILES string of the molecule is Nc1cccc(/C=C/C(=O)NC2CCN3CCCC23)c1. The summed E-state index contributed by atoms with van der Waals surface area (Å²) in [6.07, 6.45) is 6.96. The number of fused-ring (bicyclic) bond motifs is 1. The Hall–Kier alpha value is -1.81. The maximum absolute atomic E-state index is 12.0. The molecule has 2 saturated heterocycles. The Labute approximate surface area is 119 Å². The van der Waals surface area contributed by atoms with Gasteiger partial charge in [0, 0.05) is 30.4 Å². The average Bonchev–Trinajstić information content (AvgIpc) is 3.02. The van der Waals surface area contributed by atoms with E-state index in [1.54, 1.807) is 6.08 Å². The Kier molecular flexibility index (Phi) is 3.74. The summed E-state index contributed by atoms with van der Waals surface area (Å²) in [6.45, 7) is 2.31. The molecule has 2 atom stereocenters. The Morgan fingerprint density at radius 2 is 2.25 bits per heavy atom. The molecular formula is C16H21N3O. The molecule has 4 nitrogen and oxygen atoms in total. The molecule has 1 amide bonds. The molecule has 106 valence electrons. The number of hydrogen-bond donors (Lipinski definition) is 2. The topological polar surface area (TPSA) is 58.4 Å². The molecule has 0 radical (unpaired) electrons. The van der Waals surface area contributed by atoms with Crippen molar-refractivity contribution in [2.45, 2.75) is 31.3 Å². The van der Waals surface area contributed by atoms with Crippen molar-refractivity contribution in [2.24, 2.45) is 0 Å². The lowest BCUT2D eigenvalue weighted by Gasteiger charge is -2.20. The summed E-state index contributed by atoms with van der Waals surface area (Å²) < 4.78 is 0. The number of nitrogens with two attached hydrogens (primary N) is 1. The van der Waals surface area contributed by atoms with Crippen LogP contribution in [-0.4, -0.2) is 36.0 Å². The number of carbonyl (C=O) groups excluding carboxylic acids is 1. The molecule has 1 aromatic carbocycles. The van der Waals surface area contributed by atoms with E-state index in [-0.39, 0.29) is 5.91 Å². The van der Waals surface area contributed by atoms with Crippen LogP contribution in [0.3, 0.4) is 0 Å². The maximum atomic E-state index is 12.0. The van der Waals surface area contributed by atoms with Gasteiger partial charge in [0.2, 0.25) is 5.91 Å². The molecule has 2 heterocycles. The van der Waals surface area contributed by atoms with E-state index in [1.165, 1.54) is 19.4 Å². The Morgan fingerprint density at radius 3 is 3.10 bits per heavy atom. The number of carbonyl (C=O) groups is 1. The summed E-state index contributed by atoms with van der Waals surface area (Å²) in [4.78, 5) is 14.5. The second kappa shape index (κ2) is 5.67. The smallest absolute Gasteiger partial charge is 0.244 e. The van der Waals surface area contributed by atoms with Crippen LogP contribution in [0.5, 0.6) is 0 Å². The van der Waals surface area contributed by atoms with Crippen LogP contribution in [0.2, 0.25) is 0 Å². The van der Waals surface area contributed by atoms with Crippen LogP contribution in [0.1, 0.15) is 24.8 Å². The number of hydrogen-bond acceptors (Lipinski definition) is 3. The molecule has 0 bridgehead atoms. The molecule has 20 heavy (non-hydrogen) atoms. The number of benzene rings is 1. The van der Waals surface area contributed by atoms with Crippen molar-refractivity contribution in [3.8, 4) is 0 Å². The van der Waals surface area contributed by atoms with Gasteiger partial charge >= 0.3 is 0 Å². The predicted octanol–water partition coefficient (Wildman–Crippen LogP) is 1.63. The van der Waals surface area contributed by atoms with E-state index in [1.807, 2.05) is 30.3 Å². The Bertz CT molecular complexity index is 526. The lowest BCUT2D eigenvalue weighted by molar-refractivity contribution is -0.117. The number of rotatable bonds is 3. The van der Waals surface area contributed by atoms with Gasteiger partial charge in [0.15, 0.2) is 0 Å². The fraction of sp³-hybridized carbons (Fsp3) is 0.438. The zero-order valence-electron chi connectivity index (χ0n) is 11.6. The highest BCUT2D eigenvalue weighted by Crippen LogP contribution is 2.27. The van der Waals surface area contributed by atoms with Crippen LogP contribution in [0.4, 0.5) is 5.69 Å². The first-order valence-corrected chi connectivity index (χ1v) is 7.30. The minimum atomic E-state index is -0.00817. The standard InChI is InChI=1S/C16H21N3O/c17-13-4-1-3-12(11-13)6-7-16(20)18-14-8-10-19-9-2-5-15(14)19/h1,3-4,6-7,11,14-15H,2,5,8-10,17H2,(H,18,20)/b7-6+. The van der Waals surface area contributed by atoms with Gasteiger partial charge in [0.1, 0.15) is 0 Å². The van der Waals surface area contributed by atoms with E-state index in [2.05, 4.69) is 10.2 Å². The molecule has 3 N–H and O–H groups in total. The molecule has 3 rings (SSSR count). The molecule has 1 aromatic rings. The lowest BCUT2D eigenvalue weighted by Crippen LogP contribution is -2.41. The average molecular weight is 271 g/mol. The molecule has 2 aliphatic heterocycles.